The molecule has 0 aliphatic heterocycles. The van der Waals surface area contributed by atoms with Crippen molar-refractivity contribution in [3.05, 3.63) is 77.5 Å². The van der Waals surface area contributed by atoms with Gasteiger partial charge in [-0.05, 0) is 61.6 Å². The van der Waals surface area contributed by atoms with Gasteiger partial charge in [0, 0.05) is 41.6 Å². The number of hydrogen-bond acceptors (Lipinski definition) is 7. The molecule has 8 nitrogen and oxygen atoms in total. The highest BCUT2D eigenvalue weighted by Crippen LogP contribution is 2.31. The van der Waals surface area contributed by atoms with Gasteiger partial charge < -0.3 is 10.1 Å². The third kappa shape index (κ3) is 4.77. The number of hydrogen-bond donors (Lipinski definition) is 1. The Balaban J connectivity index is 1.56. The van der Waals surface area contributed by atoms with Crippen molar-refractivity contribution in [3.8, 4) is 16.9 Å². The van der Waals surface area contributed by atoms with Crippen LogP contribution < -0.4 is 5.32 Å². The maximum Gasteiger partial charge on any atom is 0.435 e. The van der Waals surface area contributed by atoms with Crippen LogP contribution in [0.3, 0.4) is 0 Å². The van der Waals surface area contributed by atoms with E-state index >= 15 is 0 Å². The summed E-state index contributed by atoms with van der Waals surface area (Å²) in [6.45, 7) is 1.87. The summed E-state index contributed by atoms with van der Waals surface area (Å²) in [6.07, 6.45) is 3.98. The number of pyridine rings is 1. The van der Waals surface area contributed by atoms with Gasteiger partial charge in [0.25, 0.3) is 0 Å². The fourth-order valence-electron chi connectivity index (χ4n) is 4.10. The molecule has 0 unspecified atom stereocenters. The molecule has 4 aromatic rings. The Morgan fingerprint density at radius 2 is 1.94 bits per heavy atom. The van der Waals surface area contributed by atoms with Gasteiger partial charge in [-0.15, -0.1) is 0 Å². The van der Waals surface area contributed by atoms with Crippen molar-refractivity contribution >= 4 is 17.6 Å². The van der Waals surface area contributed by atoms with Crippen LogP contribution in [0, 0.1) is 0 Å². The number of rotatable bonds is 6. The van der Waals surface area contributed by atoms with Crippen molar-refractivity contribution in [1.29, 1.82) is 0 Å². The first kappa shape index (κ1) is 23.5. The molecular weight excluding hydrogens is 473 g/mol. The van der Waals surface area contributed by atoms with Crippen LogP contribution in [0.5, 0.6) is 0 Å². The molecule has 36 heavy (non-hydrogen) atoms. The lowest BCUT2D eigenvalue weighted by Gasteiger charge is -2.13. The molecule has 5 rings (SSSR count). The molecule has 0 atom stereocenters. The van der Waals surface area contributed by atoms with Crippen molar-refractivity contribution in [2.24, 2.45) is 0 Å². The van der Waals surface area contributed by atoms with Crippen LogP contribution in [0.2, 0.25) is 0 Å². The molecule has 0 bridgehead atoms. The Kier molecular flexibility index (Phi) is 6.13. The number of alkyl halides is 3. The van der Waals surface area contributed by atoms with Crippen molar-refractivity contribution < 1.29 is 22.7 Å². The first-order chi connectivity index (χ1) is 17.3. The predicted molar refractivity (Wildman–Crippen MR) is 125 cm³/mol. The van der Waals surface area contributed by atoms with E-state index in [9.17, 15) is 18.0 Å². The van der Waals surface area contributed by atoms with E-state index in [2.05, 4.69) is 31.4 Å². The summed E-state index contributed by atoms with van der Waals surface area (Å²) in [5.74, 6) is -0.292. The van der Waals surface area contributed by atoms with Gasteiger partial charge in [-0.3, -0.25) is 4.98 Å². The van der Waals surface area contributed by atoms with E-state index in [0.29, 0.717) is 11.1 Å². The Bertz CT molecular complexity index is 1430. The average molecular weight is 494 g/mol. The van der Waals surface area contributed by atoms with Gasteiger partial charge in [-0.25, -0.2) is 14.5 Å². The fraction of sp³-hybridized carbons (Fsp3) is 0.240. The summed E-state index contributed by atoms with van der Waals surface area (Å²) >= 11 is 0. The standard InChI is InChI=1S/C25H21F3N6O2/c1-2-36-23(35)18-10-17(12-29-13-18)20-14-30-24(31-19-7-6-15-4-3-5-16(15)11-19)32-22(20)34-9-8-21(33-34)25(26,27)28/h6-14H,2-5H2,1H3,(H,30,31,32). The average Bonchev–Trinajstić information content (AvgIpc) is 3.54. The predicted octanol–water partition coefficient (Wildman–Crippen LogP) is 5.15. The van der Waals surface area contributed by atoms with E-state index in [1.54, 1.807) is 6.92 Å². The summed E-state index contributed by atoms with van der Waals surface area (Å²) in [5.41, 5.74) is 3.23. The van der Waals surface area contributed by atoms with Gasteiger partial charge in [0.15, 0.2) is 11.5 Å². The second-order valence-electron chi connectivity index (χ2n) is 8.22. The van der Waals surface area contributed by atoms with E-state index in [1.165, 1.54) is 42.0 Å². The lowest BCUT2D eigenvalue weighted by molar-refractivity contribution is -0.141. The molecule has 0 fully saturated rings. The quantitative estimate of drug-likeness (QED) is 0.370. The maximum absolute atomic E-state index is 13.2. The molecule has 0 amide bonds. The first-order valence-electron chi connectivity index (χ1n) is 11.3. The van der Waals surface area contributed by atoms with Crippen molar-refractivity contribution in [2.75, 3.05) is 11.9 Å². The number of aromatic nitrogens is 5. The lowest BCUT2D eigenvalue weighted by atomic mass is 10.1. The number of nitrogens with one attached hydrogen (secondary N) is 1. The maximum atomic E-state index is 13.2. The molecular formula is C25H21F3N6O2. The van der Waals surface area contributed by atoms with Gasteiger partial charge >= 0.3 is 12.1 Å². The molecule has 3 heterocycles. The molecule has 1 N–H and O–H groups in total. The summed E-state index contributed by atoms with van der Waals surface area (Å²) in [6, 6.07) is 8.39. The van der Waals surface area contributed by atoms with E-state index in [0.717, 1.165) is 35.7 Å². The smallest absolute Gasteiger partial charge is 0.435 e. The topological polar surface area (TPSA) is 94.8 Å². The molecule has 0 spiro atoms. The van der Waals surface area contributed by atoms with Crippen LogP contribution in [-0.2, 0) is 23.8 Å². The minimum atomic E-state index is -4.62. The normalized spacial score (nSPS) is 12.9. The second-order valence-corrected chi connectivity index (χ2v) is 8.22. The number of benzene rings is 1. The largest absolute Gasteiger partial charge is 0.462 e. The first-order valence-corrected chi connectivity index (χ1v) is 11.3. The molecule has 0 radical (unpaired) electrons. The Labute approximate surface area is 204 Å². The van der Waals surface area contributed by atoms with Gasteiger partial charge in [0.2, 0.25) is 5.95 Å². The fourth-order valence-corrected chi connectivity index (χ4v) is 4.10. The summed E-state index contributed by atoms with van der Waals surface area (Å²) in [4.78, 5) is 25.1. The number of nitrogens with zero attached hydrogens (tertiary/aromatic N) is 5. The van der Waals surface area contributed by atoms with Crippen molar-refractivity contribution in [1.82, 2.24) is 24.7 Å². The molecule has 11 heteroatoms. The Morgan fingerprint density at radius 1 is 1.11 bits per heavy atom. The van der Waals surface area contributed by atoms with Gasteiger partial charge in [-0.2, -0.15) is 23.3 Å². The van der Waals surface area contributed by atoms with Crippen molar-refractivity contribution in [3.63, 3.8) is 0 Å². The molecule has 1 aliphatic rings. The van der Waals surface area contributed by atoms with E-state index in [4.69, 9.17) is 4.74 Å². The number of anilines is 2. The summed E-state index contributed by atoms with van der Waals surface area (Å²) < 4.78 is 45.8. The molecule has 184 valence electrons. The number of aryl methyl sites for hydroxylation is 2. The van der Waals surface area contributed by atoms with Gasteiger partial charge in [0.1, 0.15) is 0 Å². The monoisotopic (exact) mass is 494 g/mol. The second kappa shape index (κ2) is 9.40. The Hall–Kier alpha value is -4.28. The Morgan fingerprint density at radius 3 is 2.72 bits per heavy atom. The van der Waals surface area contributed by atoms with Crippen LogP contribution in [0.1, 0.15) is 40.5 Å². The van der Waals surface area contributed by atoms with E-state index in [-0.39, 0.29) is 23.9 Å². The molecule has 3 aromatic heterocycles. The number of halogens is 3. The number of fused-ring (bicyclic) bond motifs is 1. The number of ether oxygens (including phenoxy) is 1. The minimum absolute atomic E-state index is 0.0898. The zero-order valence-corrected chi connectivity index (χ0v) is 19.2. The minimum Gasteiger partial charge on any atom is -0.462 e. The van der Waals surface area contributed by atoms with Crippen LogP contribution in [0.25, 0.3) is 16.9 Å². The highest BCUT2D eigenvalue weighted by atomic mass is 19.4. The third-order valence-electron chi connectivity index (χ3n) is 5.78. The lowest BCUT2D eigenvalue weighted by Crippen LogP contribution is -2.10. The molecule has 0 saturated heterocycles. The van der Waals surface area contributed by atoms with E-state index < -0.39 is 17.8 Å². The SMILES string of the molecule is CCOC(=O)c1cncc(-c2cnc(Nc3ccc4c(c3)CCC4)nc2-n2ccc(C(F)(F)F)n2)c1. The summed E-state index contributed by atoms with van der Waals surface area (Å²) in [5, 5.41) is 6.81. The van der Waals surface area contributed by atoms with Crippen LogP contribution in [0.15, 0.2) is 55.1 Å². The zero-order valence-electron chi connectivity index (χ0n) is 19.2. The highest BCUT2D eigenvalue weighted by molar-refractivity contribution is 5.90. The van der Waals surface area contributed by atoms with Crippen LogP contribution >= 0.6 is 0 Å². The van der Waals surface area contributed by atoms with Gasteiger partial charge in [-0.1, -0.05) is 6.07 Å². The number of carbonyl (C=O) groups is 1. The third-order valence-corrected chi connectivity index (χ3v) is 5.78. The molecule has 1 aromatic carbocycles. The van der Waals surface area contributed by atoms with Crippen LogP contribution in [0.4, 0.5) is 24.8 Å². The van der Waals surface area contributed by atoms with Crippen LogP contribution in [-0.4, -0.2) is 37.3 Å². The molecule has 1 aliphatic carbocycles. The molecule has 0 saturated carbocycles. The van der Waals surface area contributed by atoms with E-state index in [1.807, 2.05) is 12.1 Å². The number of carbonyl (C=O) groups excluding carboxylic acids is 1. The zero-order chi connectivity index (χ0) is 25.3. The van der Waals surface area contributed by atoms with Crippen molar-refractivity contribution in [2.45, 2.75) is 32.4 Å². The number of esters is 1. The van der Waals surface area contributed by atoms with Gasteiger partial charge in [0.05, 0.1) is 12.2 Å². The highest BCUT2D eigenvalue weighted by Gasteiger charge is 2.34. The summed E-state index contributed by atoms with van der Waals surface area (Å²) in [7, 11) is 0.